The average Bonchev–Trinajstić information content (AvgIpc) is 3.15. The first-order chi connectivity index (χ1) is 17.1. The summed E-state index contributed by atoms with van der Waals surface area (Å²) in [5, 5.41) is 8.24. The molecule has 3 heterocycles. The van der Waals surface area contributed by atoms with Crippen molar-refractivity contribution >= 4 is 46.2 Å². The smallest absolute Gasteiger partial charge is 0.253 e. The number of carbonyl (C=O) groups is 1. The van der Waals surface area contributed by atoms with E-state index in [-0.39, 0.29) is 22.0 Å². The van der Waals surface area contributed by atoms with Crippen molar-refractivity contribution in [1.29, 1.82) is 0 Å². The van der Waals surface area contributed by atoms with Crippen LogP contribution < -0.4 is 10.1 Å². The van der Waals surface area contributed by atoms with Crippen molar-refractivity contribution in [2.24, 2.45) is 0 Å². The minimum Gasteiger partial charge on any atom is -0.493 e. The lowest BCUT2D eigenvalue weighted by molar-refractivity contribution is 0.0922. The van der Waals surface area contributed by atoms with Crippen molar-refractivity contribution in [1.82, 2.24) is 14.9 Å². The van der Waals surface area contributed by atoms with Crippen LogP contribution in [-0.2, 0) is 5.41 Å². The molecule has 4 aromatic rings. The maximum atomic E-state index is 14.2. The Hall–Kier alpha value is -2.80. The molecule has 0 bridgehead atoms. The Kier molecular flexibility index (Phi) is 6.39. The fraction of sp³-hybridized carbons (Fsp3) is 0.259. The maximum Gasteiger partial charge on any atom is 0.253 e. The summed E-state index contributed by atoms with van der Waals surface area (Å²) in [4.78, 5) is 13.6. The second kappa shape index (κ2) is 9.25. The summed E-state index contributed by atoms with van der Waals surface area (Å²) in [6.07, 6.45) is 2.17. The van der Waals surface area contributed by atoms with E-state index in [2.05, 4.69) is 10.4 Å². The van der Waals surface area contributed by atoms with E-state index in [1.807, 2.05) is 45.0 Å². The van der Waals surface area contributed by atoms with Gasteiger partial charge in [0.05, 0.1) is 50.7 Å². The minimum atomic E-state index is -0.547. The number of hydrogen-bond acceptors (Lipinski definition) is 3. The number of para-hydroxylation sites is 1. The van der Waals surface area contributed by atoms with Crippen LogP contribution in [0, 0.1) is 5.82 Å². The van der Waals surface area contributed by atoms with E-state index >= 15 is 0 Å². The molecule has 5 rings (SSSR count). The molecule has 2 aromatic heterocycles. The number of aromatic nitrogens is 2. The van der Waals surface area contributed by atoms with Gasteiger partial charge in [-0.05, 0) is 35.2 Å². The van der Waals surface area contributed by atoms with Gasteiger partial charge in [0.25, 0.3) is 5.91 Å². The SMILES string of the molecule is CC(C)(C)c1c(C(=O)N[C@H]2CCOc3ccccc32)cnn2c(-c3cc(F)cc(Cl)c3Cl)c(Cl)cc12. The maximum absolute atomic E-state index is 14.2. The Balaban J connectivity index is 1.64. The molecule has 5 nitrogen and oxygen atoms in total. The minimum absolute atomic E-state index is 0.0708. The highest BCUT2D eigenvalue weighted by atomic mass is 35.5. The number of benzene rings is 2. The average molecular weight is 547 g/mol. The molecule has 1 aliphatic heterocycles. The Labute approximate surface area is 223 Å². The number of nitrogens with zero attached hydrogens (tertiary/aromatic N) is 2. The second-order valence-corrected chi connectivity index (χ2v) is 11.0. The zero-order valence-electron chi connectivity index (χ0n) is 19.8. The molecule has 0 radical (unpaired) electrons. The van der Waals surface area contributed by atoms with Crippen LogP contribution in [0.25, 0.3) is 16.8 Å². The van der Waals surface area contributed by atoms with Gasteiger partial charge in [-0.3, -0.25) is 4.79 Å². The molecule has 186 valence electrons. The van der Waals surface area contributed by atoms with Crippen LogP contribution in [0.2, 0.25) is 15.1 Å². The number of nitrogens with one attached hydrogen (secondary N) is 1. The van der Waals surface area contributed by atoms with E-state index in [0.717, 1.165) is 22.9 Å². The molecule has 0 spiro atoms. The van der Waals surface area contributed by atoms with Crippen molar-refractivity contribution in [3.05, 3.63) is 86.2 Å². The van der Waals surface area contributed by atoms with Gasteiger partial charge < -0.3 is 10.1 Å². The molecule has 2 aromatic carbocycles. The Morgan fingerprint density at radius 2 is 1.89 bits per heavy atom. The third kappa shape index (κ3) is 4.32. The molecule has 1 aliphatic rings. The van der Waals surface area contributed by atoms with E-state index in [1.165, 1.54) is 12.3 Å². The predicted molar refractivity (Wildman–Crippen MR) is 141 cm³/mol. The molecule has 0 fully saturated rings. The van der Waals surface area contributed by atoms with Gasteiger partial charge in [0.1, 0.15) is 11.6 Å². The number of ether oxygens (including phenoxy) is 1. The molecule has 0 aliphatic carbocycles. The van der Waals surface area contributed by atoms with Gasteiger partial charge in [-0.2, -0.15) is 5.10 Å². The number of rotatable bonds is 3. The van der Waals surface area contributed by atoms with Crippen LogP contribution in [0.4, 0.5) is 4.39 Å². The normalized spacial score (nSPS) is 15.5. The molecule has 36 heavy (non-hydrogen) atoms. The molecular formula is C27H23Cl3FN3O2. The highest BCUT2D eigenvalue weighted by Gasteiger charge is 2.30. The summed E-state index contributed by atoms with van der Waals surface area (Å²) in [7, 11) is 0. The fourth-order valence-electron chi connectivity index (χ4n) is 4.75. The lowest BCUT2D eigenvalue weighted by Crippen LogP contribution is -2.34. The quantitative estimate of drug-likeness (QED) is 0.269. The van der Waals surface area contributed by atoms with Crippen LogP contribution in [0.15, 0.2) is 48.7 Å². The zero-order valence-corrected chi connectivity index (χ0v) is 22.1. The third-order valence-corrected chi connectivity index (χ3v) is 7.35. The Bertz CT molecular complexity index is 1510. The van der Waals surface area contributed by atoms with Crippen LogP contribution in [0.1, 0.15) is 54.7 Å². The van der Waals surface area contributed by atoms with Crippen LogP contribution in [0.3, 0.4) is 0 Å². The molecule has 0 saturated carbocycles. The topological polar surface area (TPSA) is 55.6 Å². The number of carbonyl (C=O) groups excluding carboxylic acids is 1. The van der Waals surface area contributed by atoms with Crippen molar-refractivity contribution < 1.29 is 13.9 Å². The first-order valence-corrected chi connectivity index (χ1v) is 12.6. The summed E-state index contributed by atoms with van der Waals surface area (Å²) < 4.78 is 21.5. The van der Waals surface area contributed by atoms with E-state index in [1.54, 1.807) is 10.6 Å². The summed E-state index contributed by atoms with van der Waals surface area (Å²) in [6.45, 7) is 6.54. The van der Waals surface area contributed by atoms with Crippen molar-refractivity contribution in [2.45, 2.75) is 38.6 Å². The van der Waals surface area contributed by atoms with Gasteiger partial charge in [0.2, 0.25) is 0 Å². The van der Waals surface area contributed by atoms with Crippen LogP contribution in [0.5, 0.6) is 5.75 Å². The fourth-order valence-corrected chi connectivity index (χ4v) is 5.44. The third-order valence-electron chi connectivity index (χ3n) is 6.26. The number of halogens is 4. The molecule has 9 heteroatoms. The first-order valence-electron chi connectivity index (χ1n) is 11.4. The van der Waals surface area contributed by atoms with Gasteiger partial charge in [-0.15, -0.1) is 0 Å². The lowest BCUT2D eigenvalue weighted by Gasteiger charge is -2.28. The van der Waals surface area contributed by atoms with E-state index in [0.29, 0.717) is 40.4 Å². The summed E-state index contributed by atoms with van der Waals surface area (Å²) in [5.74, 6) is -0.0242. The molecule has 1 atom stereocenters. The van der Waals surface area contributed by atoms with E-state index in [9.17, 15) is 9.18 Å². The van der Waals surface area contributed by atoms with Crippen molar-refractivity contribution in [2.75, 3.05) is 6.61 Å². The summed E-state index contributed by atoms with van der Waals surface area (Å²) in [6, 6.07) is 11.6. The summed E-state index contributed by atoms with van der Waals surface area (Å²) in [5.41, 5.74) is 3.01. The predicted octanol–water partition coefficient (Wildman–Crippen LogP) is 7.65. The number of fused-ring (bicyclic) bond motifs is 2. The monoisotopic (exact) mass is 545 g/mol. The molecular weight excluding hydrogens is 524 g/mol. The van der Waals surface area contributed by atoms with E-state index in [4.69, 9.17) is 39.5 Å². The van der Waals surface area contributed by atoms with Crippen molar-refractivity contribution in [3.63, 3.8) is 0 Å². The number of amides is 1. The standard InChI is InChI=1S/C27H23Cl3FN3O2/c1-27(2,3)23-17(26(35)33-20-8-9-36-22-7-5-4-6-15(20)22)13-32-34-21(23)12-19(29)25(34)16-10-14(31)11-18(28)24(16)30/h4-7,10-13,20H,8-9H2,1-3H3,(H,33,35)/t20-/m0/s1. The largest absolute Gasteiger partial charge is 0.493 e. The van der Waals surface area contributed by atoms with Gasteiger partial charge in [-0.1, -0.05) is 73.8 Å². The molecule has 0 unspecified atom stereocenters. The zero-order chi connectivity index (χ0) is 25.8. The lowest BCUT2D eigenvalue weighted by atomic mass is 9.83. The van der Waals surface area contributed by atoms with E-state index < -0.39 is 11.2 Å². The summed E-state index contributed by atoms with van der Waals surface area (Å²) >= 11 is 19.2. The van der Waals surface area contributed by atoms with Gasteiger partial charge >= 0.3 is 0 Å². The number of hydrogen-bond donors (Lipinski definition) is 1. The Morgan fingerprint density at radius 3 is 2.64 bits per heavy atom. The van der Waals surface area contributed by atoms with Gasteiger partial charge in [0, 0.05) is 17.5 Å². The first kappa shape index (κ1) is 24.9. The van der Waals surface area contributed by atoms with Crippen LogP contribution in [-0.4, -0.2) is 22.1 Å². The molecule has 1 N–H and O–H groups in total. The van der Waals surface area contributed by atoms with Gasteiger partial charge in [0.15, 0.2) is 0 Å². The highest BCUT2D eigenvalue weighted by molar-refractivity contribution is 6.44. The Morgan fingerprint density at radius 1 is 1.14 bits per heavy atom. The van der Waals surface area contributed by atoms with Crippen molar-refractivity contribution in [3.8, 4) is 17.0 Å². The van der Waals surface area contributed by atoms with Crippen LogP contribution >= 0.6 is 34.8 Å². The highest BCUT2D eigenvalue weighted by Crippen LogP contribution is 2.42. The van der Waals surface area contributed by atoms with Gasteiger partial charge in [-0.25, -0.2) is 8.91 Å². The molecule has 0 saturated heterocycles. The molecule has 1 amide bonds. The second-order valence-electron chi connectivity index (χ2n) is 9.77.